The third-order valence-electron chi connectivity index (χ3n) is 4.85. The van der Waals surface area contributed by atoms with Gasteiger partial charge in [0, 0.05) is 17.8 Å². The molecule has 0 aliphatic carbocycles. The number of benzene rings is 3. The van der Waals surface area contributed by atoms with Gasteiger partial charge in [-0.1, -0.05) is 38.1 Å². The van der Waals surface area contributed by atoms with Crippen LogP contribution in [0.15, 0.2) is 72.8 Å². The topological polar surface area (TPSA) is 49.4 Å². The Bertz CT molecular complexity index is 1060. The normalized spacial score (nSPS) is 10.8. The van der Waals surface area contributed by atoms with E-state index in [0.29, 0.717) is 23.4 Å². The molecule has 0 aliphatic rings. The van der Waals surface area contributed by atoms with Crippen LogP contribution in [0.4, 0.5) is 20.2 Å². The number of halogens is 2. The van der Waals surface area contributed by atoms with Crippen molar-refractivity contribution in [3.05, 3.63) is 95.6 Å². The fourth-order valence-corrected chi connectivity index (χ4v) is 3.32. The summed E-state index contributed by atoms with van der Waals surface area (Å²) in [5.41, 5.74) is 2.68. The lowest BCUT2D eigenvalue weighted by Gasteiger charge is -2.24. The van der Waals surface area contributed by atoms with Crippen molar-refractivity contribution in [2.75, 3.05) is 10.2 Å². The zero-order valence-corrected chi connectivity index (χ0v) is 18.1. The van der Waals surface area contributed by atoms with E-state index in [1.54, 1.807) is 41.3 Å². The van der Waals surface area contributed by atoms with Crippen molar-refractivity contribution in [3.63, 3.8) is 0 Å². The minimum absolute atomic E-state index is 0.0499. The predicted molar refractivity (Wildman–Crippen MR) is 122 cm³/mol. The SMILES string of the molecule is CC(C)CC(=O)N(Cc1cccc(F)c1)c1ccc(CC(=O)Nc2ccc(F)cc2)cc1. The van der Waals surface area contributed by atoms with Gasteiger partial charge in [0.25, 0.3) is 0 Å². The van der Waals surface area contributed by atoms with Crippen LogP contribution in [0.25, 0.3) is 0 Å². The molecule has 3 aromatic carbocycles. The number of amides is 2. The second-order valence-corrected chi connectivity index (χ2v) is 8.11. The number of anilines is 2. The molecule has 6 heteroatoms. The first-order valence-electron chi connectivity index (χ1n) is 10.5. The van der Waals surface area contributed by atoms with Crippen molar-refractivity contribution >= 4 is 23.2 Å². The zero-order valence-electron chi connectivity index (χ0n) is 18.1. The van der Waals surface area contributed by atoms with Crippen LogP contribution in [-0.4, -0.2) is 11.8 Å². The van der Waals surface area contributed by atoms with Gasteiger partial charge >= 0.3 is 0 Å². The van der Waals surface area contributed by atoms with Crippen LogP contribution in [-0.2, 0) is 22.6 Å². The Morgan fingerprint density at radius 1 is 0.875 bits per heavy atom. The second kappa shape index (κ2) is 10.7. The van der Waals surface area contributed by atoms with Gasteiger partial charge in [-0.05, 0) is 65.6 Å². The lowest BCUT2D eigenvalue weighted by atomic mass is 10.1. The summed E-state index contributed by atoms with van der Waals surface area (Å²) >= 11 is 0. The molecule has 0 aromatic heterocycles. The molecule has 0 aliphatic heterocycles. The molecule has 3 rings (SSSR count). The lowest BCUT2D eigenvalue weighted by Crippen LogP contribution is -2.31. The van der Waals surface area contributed by atoms with Crippen LogP contribution in [0.5, 0.6) is 0 Å². The molecule has 4 nitrogen and oxygen atoms in total. The van der Waals surface area contributed by atoms with Crippen LogP contribution in [0, 0.1) is 17.6 Å². The maximum absolute atomic E-state index is 13.6. The van der Waals surface area contributed by atoms with Gasteiger partial charge in [0.15, 0.2) is 0 Å². The number of carbonyl (C=O) groups excluding carboxylic acids is 2. The summed E-state index contributed by atoms with van der Waals surface area (Å²) in [5.74, 6) is -0.801. The van der Waals surface area contributed by atoms with Gasteiger partial charge in [-0.15, -0.1) is 0 Å². The Labute approximate surface area is 186 Å². The number of nitrogens with zero attached hydrogens (tertiary/aromatic N) is 1. The van der Waals surface area contributed by atoms with Gasteiger partial charge in [-0.2, -0.15) is 0 Å². The molecule has 32 heavy (non-hydrogen) atoms. The fourth-order valence-electron chi connectivity index (χ4n) is 3.32. The summed E-state index contributed by atoms with van der Waals surface area (Å²) in [6.45, 7) is 4.20. The van der Waals surface area contributed by atoms with E-state index < -0.39 is 0 Å². The Morgan fingerprint density at radius 2 is 1.56 bits per heavy atom. The standard InChI is InChI=1S/C26H26F2N2O2/c1-18(2)14-26(32)30(17-20-4-3-5-22(28)15-20)24-12-6-19(7-13-24)16-25(31)29-23-10-8-21(27)9-11-23/h3-13,15,18H,14,16-17H2,1-2H3,(H,29,31). The van der Waals surface area contributed by atoms with Crippen LogP contribution in [0.1, 0.15) is 31.4 Å². The smallest absolute Gasteiger partial charge is 0.228 e. The molecule has 0 bridgehead atoms. The summed E-state index contributed by atoms with van der Waals surface area (Å²) in [7, 11) is 0. The molecule has 3 aromatic rings. The van der Waals surface area contributed by atoms with E-state index in [-0.39, 0.29) is 42.3 Å². The van der Waals surface area contributed by atoms with Gasteiger partial charge in [0.2, 0.25) is 11.8 Å². The highest BCUT2D eigenvalue weighted by Crippen LogP contribution is 2.22. The number of rotatable bonds is 8. The van der Waals surface area contributed by atoms with Crippen LogP contribution < -0.4 is 10.2 Å². The maximum atomic E-state index is 13.6. The number of nitrogens with one attached hydrogen (secondary N) is 1. The Hall–Kier alpha value is -3.54. The van der Waals surface area contributed by atoms with Gasteiger partial charge in [0.1, 0.15) is 11.6 Å². The fraction of sp³-hybridized carbons (Fsp3) is 0.231. The Kier molecular flexibility index (Phi) is 7.71. The average molecular weight is 437 g/mol. The average Bonchev–Trinajstić information content (AvgIpc) is 2.74. The summed E-state index contributed by atoms with van der Waals surface area (Å²) in [6, 6.07) is 18.9. The van der Waals surface area contributed by atoms with E-state index in [4.69, 9.17) is 0 Å². The highest BCUT2D eigenvalue weighted by atomic mass is 19.1. The second-order valence-electron chi connectivity index (χ2n) is 8.11. The molecule has 0 heterocycles. The van der Waals surface area contributed by atoms with Crippen LogP contribution >= 0.6 is 0 Å². The number of hydrogen-bond donors (Lipinski definition) is 1. The highest BCUT2D eigenvalue weighted by molar-refractivity contribution is 5.94. The highest BCUT2D eigenvalue weighted by Gasteiger charge is 2.18. The third kappa shape index (κ3) is 6.74. The zero-order chi connectivity index (χ0) is 23.1. The third-order valence-corrected chi connectivity index (χ3v) is 4.85. The molecule has 0 radical (unpaired) electrons. The van der Waals surface area contributed by atoms with E-state index >= 15 is 0 Å². The largest absolute Gasteiger partial charge is 0.326 e. The summed E-state index contributed by atoms with van der Waals surface area (Å²) in [5, 5.41) is 2.73. The van der Waals surface area contributed by atoms with Crippen molar-refractivity contribution in [3.8, 4) is 0 Å². The molecule has 2 amide bonds. The lowest BCUT2D eigenvalue weighted by molar-refractivity contribution is -0.119. The first-order chi connectivity index (χ1) is 15.3. The molecule has 166 valence electrons. The van der Waals surface area contributed by atoms with Crippen molar-refractivity contribution in [2.45, 2.75) is 33.2 Å². The summed E-state index contributed by atoms with van der Waals surface area (Å²) < 4.78 is 26.6. The van der Waals surface area contributed by atoms with Crippen molar-refractivity contribution in [2.24, 2.45) is 5.92 Å². The van der Waals surface area contributed by atoms with Gasteiger partial charge in [0.05, 0.1) is 13.0 Å². The van der Waals surface area contributed by atoms with Crippen molar-refractivity contribution in [1.29, 1.82) is 0 Å². The minimum atomic E-state index is -0.367. The van der Waals surface area contributed by atoms with E-state index in [9.17, 15) is 18.4 Å². The predicted octanol–water partition coefficient (Wildman–Crippen LogP) is 5.73. The summed E-state index contributed by atoms with van der Waals surface area (Å²) in [4.78, 5) is 26.8. The van der Waals surface area contributed by atoms with E-state index in [1.807, 2.05) is 13.8 Å². The molecule has 0 spiro atoms. The van der Waals surface area contributed by atoms with Gasteiger partial charge in [-0.3, -0.25) is 9.59 Å². The Balaban J connectivity index is 1.72. The molecule has 0 saturated heterocycles. The van der Waals surface area contributed by atoms with Crippen LogP contribution in [0.3, 0.4) is 0 Å². The van der Waals surface area contributed by atoms with E-state index in [2.05, 4.69) is 5.32 Å². The first-order valence-corrected chi connectivity index (χ1v) is 10.5. The van der Waals surface area contributed by atoms with Crippen LogP contribution in [0.2, 0.25) is 0 Å². The van der Waals surface area contributed by atoms with Gasteiger partial charge in [-0.25, -0.2) is 8.78 Å². The molecular weight excluding hydrogens is 410 g/mol. The molecular formula is C26H26F2N2O2. The summed E-state index contributed by atoms with van der Waals surface area (Å²) in [6.07, 6.45) is 0.513. The maximum Gasteiger partial charge on any atom is 0.228 e. The van der Waals surface area contributed by atoms with Gasteiger partial charge < -0.3 is 10.2 Å². The molecule has 0 unspecified atom stereocenters. The number of hydrogen-bond acceptors (Lipinski definition) is 2. The molecule has 0 fully saturated rings. The van der Waals surface area contributed by atoms with Crippen molar-refractivity contribution in [1.82, 2.24) is 0 Å². The van der Waals surface area contributed by atoms with E-state index in [0.717, 1.165) is 5.56 Å². The molecule has 0 atom stereocenters. The Morgan fingerprint density at radius 3 is 2.19 bits per heavy atom. The quantitative estimate of drug-likeness (QED) is 0.491. The molecule has 0 saturated carbocycles. The first kappa shape index (κ1) is 23.1. The van der Waals surface area contributed by atoms with E-state index in [1.165, 1.54) is 36.4 Å². The minimum Gasteiger partial charge on any atom is -0.326 e. The monoisotopic (exact) mass is 436 g/mol. The van der Waals surface area contributed by atoms with Crippen molar-refractivity contribution < 1.29 is 18.4 Å². The molecule has 1 N–H and O–H groups in total. The number of carbonyl (C=O) groups is 2.